The maximum atomic E-state index is 12.1. The Hall–Kier alpha value is -3.45. The quantitative estimate of drug-likeness (QED) is 0.0665. The number of hydrogen-bond donors (Lipinski definition) is 7. The summed E-state index contributed by atoms with van der Waals surface area (Å²) >= 11 is 0. The number of rotatable bonds is 19. The number of carboxylic acids is 1. The van der Waals surface area contributed by atoms with E-state index >= 15 is 0 Å². The van der Waals surface area contributed by atoms with E-state index < -0.39 is 36.4 Å². The van der Waals surface area contributed by atoms with Crippen LogP contribution >= 0.6 is 0 Å². The van der Waals surface area contributed by atoms with Gasteiger partial charge in [-0.15, -0.1) is 0 Å². The number of carbonyl (C=O) groups is 1. The van der Waals surface area contributed by atoms with Crippen LogP contribution in [0.4, 0.5) is 0 Å². The number of nitrogens with one attached hydrogen (secondary N) is 1. The maximum absolute atomic E-state index is 12.1. The predicted molar refractivity (Wildman–Crippen MR) is 199 cm³/mol. The first-order chi connectivity index (χ1) is 24.0. The fourth-order valence-electron chi connectivity index (χ4n) is 6.66. The summed E-state index contributed by atoms with van der Waals surface area (Å²) in [4.78, 5) is 11.1. The summed E-state index contributed by atoms with van der Waals surface area (Å²) in [7, 11) is 0. The summed E-state index contributed by atoms with van der Waals surface area (Å²) in [5.74, 6) is 6.06. The van der Waals surface area contributed by atoms with Crippen molar-refractivity contribution in [3.8, 4) is 17.6 Å². The first-order valence-corrected chi connectivity index (χ1v) is 18.4. The van der Waals surface area contributed by atoms with Crippen molar-refractivity contribution in [2.75, 3.05) is 6.61 Å². The van der Waals surface area contributed by atoms with Crippen molar-refractivity contribution in [1.82, 2.24) is 5.32 Å². The third kappa shape index (κ3) is 14.4. The highest BCUT2D eigenvalue weighted by molar-refractivity contribution is 5.66. The van der Waals surface area contributed by atoms with Crippen molar-refractivity contribution in [2.24, 2.45) is 0 Å². The van der Waals surface area contributed by atoms with Gasteiger partial charge in [-0.05, 0) is 85.9 Å². The molecule has 0 aromatic heterocycles. The van der Waals surface area contributed by atoms with E-state index in [1.807, 2.05) is 30.4 Å². The number of carboxylic acid groups (broad SMARTS) is 1. The highest BCUT2D eigenvalue weighted by Gasteiger charge is 2.35. The number of hydrogen-bond acceptors (Lipinski definition) is 7. The van der Waals surface area contributed by atoms with Crippen molar-refractivity contribution in [2.45, 2.75) is 140 Å². The number of aliphatic hydroxyl groups is 4. The van der Waals surface area contributed by atoms with Crippen LogP contribution in [0.15, 0.2) is 71.8 Å². The van der Waals surface area contributed by atoms with Gasteiger partial charge in [0.05, 0.1) is 24.4 Å². The normalized spacial score (nSPS) is 19.4. The van der Waals surface area contributed by atoms with Crippen molar-refractivity contribution in [1.29, 1.82) is 0 Å². The monoisotopic (exact) mass is 689 g/mol. The van der Waals surface area contributed by atoms with E-state index in [9.17, 15) is 30.3 Å². The molecule has 2 aromatic rings. The van der Waals surface area contributed by atoms with Crippen LogP contribution in [0.3, 0.4) is 0 Å². The molecule has 50 heavy (non-hydrogen) atoms. The highest BCUT2D eigenvalue weighted by Crippen LogP contribution is 2.30. The first-order valence-electron chi connectivity index (χ1n) is 18.4. The Balaban J connectivity index is 2.12. The zero-order valence-corrected chi connectivity index (χ0v) is 30.0. The number of aliphatic hydroxyl groups excluding tert-OH is 3. The minimum atomic E-state index is -1.26. The van der Waals surface area contributed by atoms with E-state index in [0.717, 1.165) is 66.4 Å². The molecule has 7 N–H and O–H groups in total. The molecule has 8 heteroatoms. The number of unbranched alkanes of at least 4 members (excludes halogenated alkanes) is 5. The second-order valence-corrected chi connectivity index (χ2v) is 14.0. The molecular weight excluding hydrogens is 630 g/mol. The van der Waals surface area contributed by atoms with Gasteiger partial charge in [0, 0.05) is 36.9 Å². The molecular formula is C42H59NO7. The number of allylic oxidation sites excluding steroid dienone is 2. The molecule has 0 saturated carbocycles. The molecule has 1 aliphatic heterocycles. The second-order valence-electron chi connectivity index (χ2n) is 14.0. The standard InChI is InChI=1S/C42H59NO7/c1-3-4-7-16-35(45)27-24-34-23-22-33-14-11-10-13-32(33)15-12-18-40(42(2,50)29-31-20-25-36(46)26-21-31)43-39(38(34)28-37(47)30-44)17-8-5-6-9-19-41(48)49/h10-11,13-14,20-21,24-27,35,37,39-40,43-47,50H,3-9,16-19,22-23,28-30H2,1-2H3,(H,48,49)/t35-,37-,39-,40+,42-/m0/s1. The summed E-state index contributed by atoms with van der Waals surface area (Å²) in [6.07, 6.45) is 11.8. The lowest BCUT2D eigenvalue weighted by Gasteiger charge is -2.38. The van der Waals surface area contributed by atoms with Gasteiger partial charge in [-0.3, -0.25) is 4.79 Å². The van der Waals surface area contributed by atoms with Gasteiger partial charge in [-0.2, -0.15) is 0 Å². The van der Waals surface area contributed by atoms with Gasteiger partial charge in [0.15, 0.2) is 0 Å². The molecule has 8 nitrogen and oxygen atoms in total. The number of aryl methyl sites for hydroxylation is 1. The number of benzene rings is 2. The van der Waals surface area contributed by atoms with Crippen LogP contribution in [0.1, 0.15) is 114 Å². The molecule has 3 rings (SSSR count). The number of aliphatic carboxylic acids is 1. The Morgan fingerprint density at radius 2 is 1.76 bits per heavy atom. The van der Waals surface area contributed by atoms with Gasteiger partial charge < -0.3 is 36.0 Å². The van der Waals surface area contributed by atoms with Gasteiger partial charge in [0.1, 0.15) is 5.75 Å². The predicted octanol–water partition coefficient (Wildman–Crippen LogP) is 6.36. The van der Waals surface area contributed by atoms with E-state index in [0.29, 0.717) is 44.9 Å². The van der Waals surface area contributed by atoms with Crippen molar-refractivity contribution in [3.63, 3.8) is 0 Å². The lowest BCUT2D eigenvalue weighted by Crippen LogP contribution is -2.54. The summed E-state index contributed by atoms with van der Waals surface area (Å²) in [5, 5.41) is 66.7. The summed E-state index contributed by atoms with van der Waals surface area (Å²) in [6.45, 7) is 3.52. The van der Waals surface area contributed by atoms with Crippen LogP contribution in [-0.2, 0) is 17.6 Å². The fourth-order valence-corrected chi connectivity index (χ4v) is 6.66. The lowest BCUT2D eigenvalue weighted by atomic mass is 9.83. The Kier molecular flexibility index (Phi) is 17.8. The lowest BCUT2D eigenvalue weighted by molar-refractivity contribution is -0.137. The molecule has 0 unspecified atom stereocenters. The minimum absolute atomic E-state index is 0.132. The van der Waals surface area contributed by atoms with Crippen LogP contribution in [0, 0.1) is 11.8 Å². The van der Waals surface area contributed by atoms with Crippen LogP contribution in [-0.4, -0.2) is 73.1 Å². The van der Waals surface area contributed by atoms with Crippen LogP contribution in [0.5, 0.6) is 5.75 Å². The fraction of sp³-hybridized carbons (Fsp3) is 0.548. The molecule has 0 radical (unpaired) electrons. The maximum Gasteiger partial charge on any atom is 0.303 e. The average Bonchev–Trinajstić information content (AvgIpc) is 3.08. The molecule has 1 aliphatic rings. The van der Waals surface area contributed by atoms with E-state index in [4.69, 9.17) is 5.11 Å². The van der Waals surface area contributed by atoms with Gasteiger partial charge in [-0.25, -0.2) is 0 Å². The Morgan fingerprint density at radius 3 is 2.48 bits per heavy atom. The number of aromatic hydroxyl groups is 1. The topological polar surface area (TPSA) is 150 Å². The van der Waals surface area contributed by atoms with Crippen LogP contribution in [0.25, 0.3) is 0 Å². The largest absolute Gasteiger partial charge is 0.508 e. The molecule has 274 valence electrons. The average molecular weight is 690 g/mol. The molecule has 0 bridgehead atoms. The molecule has 2 aromatic carbocycles. The zero-order valence-electron chi connectivity index (χ0n) is 30.0. The molecule has 0 saturated heterocycles. The third-order valence-corrected chi connectivity index (χ3v) is 9.62. The molecule has 0 fully saturated rings. The SMILES string of the molecule is CCCCC[C@H](O)C=CC1=C(C[C@H](O)CO)[C@H](CCCCCCC(=O)O)N[C@@H]([C@@](C)(O)Cc2ccc(O)cc2)CC#Cc2ccccc2CC1. The number of fused-ring (bicyclic) bond motifs is 1. The zero-order chi connectivity index (χ0) is 36.4. The van der Waals surface area contributed by atoms with Crippen LogP contribution < -0.4 is 5.32 Å². The van der Waals surface area contributed by atoms with Gasteiger partial charge >= 0.3 is 5.97 Å². The minimum Gasteiger partial charge on any atom is -0.508 e. The highest BCUT2D eigenvalue weighted by atomic mass is 16.4. The Bertz CT molecular complexity index is 1440. The molecule has 0 spiro atoms. The van der Waals surface area contributed by atoms with Crippen molar-refractivity contribution in [3.05, 3.63) is 88.5 Å². The number of phenols is 1. The third-order valence-electron chi connectivity index (χ3n) is 9.62. The van der Waals surface area contributed by atoms with E-state index in [2.05, 4.69) is 30.1 Å². The van der Waals surface area contributed by atoms with Gasteiger partial charge in [0.2, 0.25) is 0 Å². The molecule has 5 atom stereocenters. The van der Waals surface area contributed by atoms with E-state index in [-0.39, 0.29) is 24.6 Å². The molecule has 0 aliphatic carbocycles. The summed E-state index contributed by atoms with van der Waals surface area (Å²) in [6, 6.07) is 14.1. The molecule has 1 heterocycles. The summed E-state index contributed by atoms with van der Waals surface area (Å²) < 4.78 is 0. The van der Waals surface area contributed by atoms with Crippen molar-refractivity contribution < 1.29 is 35.4 Å². The Morgan fingerprint density at radius 1 is 1.02 bits per heavy atom. The van der Waals surface area contributed by atoms with Gasteiger partial charge in [0.25, 0.3) is 0 Å². The van der Waals surface area contributed by atoms with E-state index in [1.165, 1.54) is 0 Å². The number of phenolic OH excluding ortho intramolecular Hbond substituents is 1. The summed E-state index contributed by atoms with van der Waals surface area (Å²) in [5.41, 5.74) is 3.50. The second kappa shape index (κ2) is 21.7. The van der Waals surface area contributed by atoms with E-state index in [1.54, 1.807) is 31.2 Å². The van der Waals surface area contributed by atoms with Crippen LogP contribution in [0.2, 0.25) is 0 Å². The first kappa shape index (κ1) is 41.0. The Labute approximate surface area is 299 Å². The smallest absolute Gasteiger partial charge is 0.303 e. The van der Waals surface area contributed by atoms with Gasteiger partial charge in [-0.1, -0.05) is 99.8 Å². The van der Waals surface area contributed by atoms with Crippen molar-refractivity contribution >= 4 is 5.97 Å². The molecule has 0 amide bonds.